The average Bonchev–Trinajstić information content (AvgIpc) is 3.21. The van der Waals surface area contributed by atoms with Crippen LogP contribution in [-0.2, 0) is 4.79 Å². The van der Waals surface area contributed by atoms with Crippen LogP contribution in [0.3, 0.4) is 0 Å². The number of nitrogens with one attached hydrogen (secondary N) is 1. The molecule has 3 rings (SSSR count). The van der Waals surface area contributed by atoms with Gasteiger partial charge in [0, 0.05) is 6.04 Å². The zero-order valence-corrected chi connectivity index (χ0v) is 10.3. The van der Waals surface area contributed by atoms with Crippen LogP contribution in [0, 0.1) is 5.92 Å². The van der Waals surface area contributed by atoms with Gasteiger partial charge in [0.2, 0.25) is 5.95 Å². The molecule has 1 aliphatic rings. The van der Waals surface area contributed by atoms with Gasteiger partial charge in [-0.15, -0.1) is 10.2 Å². The molecule has 0 bridgehead atoms. The molecule has 2 N–H and O–H groups in total. The highest BCUT2D eigenvalue weighted by atomic mass is 16.4. The van der Waals surface area contributed by atoms with Crippen LogP contribution >= 0.6 is 0 Å². The van der Waals surface area contributed by atoms with E-state index in [1.807, 2.05) is 24.3 Å². The van der Waals surface area contributed by atoms with Crippen molar-refractivity contribution in [2.45, 2.75) is 25.3 Å². The summed E-state index contributed by atoms with van der Waals surface area (Å²) in [5.41, 5.74) is 1.49. The van der Waals surface area contributed by atoms with Crippen molar-refractivity contribution < 1.29 is 9.90 Å². The maximum atomic E-state index is 10.8. The summed E-state index contributed by atoms with van der Waals surface area (Å²) < 4.78 is 0. The van der Waals surface area contributed by atoms with Gasteiger partial charge in [0.1, 0.15) is 5.52 Å². The standard InChI is InChI=1S/C13H14N4O2/c18-12(19)7-11(8-5-6-8)15-13-14-9-3-1-2-4-10(9)16-17-13/h1-4,8,11H,5-7H2,(H,18,19)(H,14,15,17). The number of aromatic nitrogens is 3. The normalized spacial score (nSPS) is 16.2. The van der Waals surface area contributed by atoms with Crippen molar-refractivity contribution in [3.8, 4) is 0 Å². The quantitative estimate of drug-likeness (QED) is 0.848. The Labute approximate surface area is 109 Å². The summed E-state index contributed by atoms with van der Waals surface area (Å²) >= 11 is 0. The first-order chi connectivity index (χ1) is 9.22. The number of carbonyl (C=O) groups is 1. The number of nitrogens with zero attached hydrogens (tertiary/aromatic N) is 3. The predicted molar refractivity (Wildman–Crippen MR) is 69.7 cm³/mol. The lowest BCUT2D eigenvalue weighted by molar-refractivity contribution is -0.137. The van der Waals surface area contributed by atoms with Crippen LogP contribution in [0.5, 0.6) is 0 Å². The van der Waals surface area contributed by atoms with Crippen LogP contribution < -0.4 is 5.32 Å². The topological polar surface area (TPSA) is 88.0 Å². The minimum Gasteiger partial charge on any atom is -0.481 e. The number of carboxylic acids is 1. The highest BCUT2D eigenvalue weighted by Crippen LogP contribution is 2.35. The molecule has 1 aliphatic carbocycles. The molecule has 1 saturated carbocycles. The molecule has 6 nitrogen and oxygen atoms in total. The number of fused-ring (bicyclic) bond motifs is 1. The van der Waals surface area contributed by atoms with E-state index in [-0.39, 0.29) is 12.5 Å². The molecule has 1 aromatic carbocycles. The molecule has 0 spiro atoms. The van der Waals surface area contributed by atoms with Crippen LogP contribution in [0.15, 0.2) is 24.3 Å². The van der Waals surface area contributed by atoms with E-state index >= 15 is 0 Å². The lowest BCUT2D eigenvalue weighted by atomic mass is 10.1. The van der Waals surface area contributed by atoms with Crippen LogP contribution in [0.4, 0.5) is 5.95 Å². The van der Waals surface area contributed by atoms with Gasteiger partial charge in [-0.1, -0.05) is 12.1 Å². The number of para-hydroxylation sites is 1. The maximum Gasteiger partial charge on any atom is 0.305 e. The van der Waals surface area contributed by atoms with Crippen LogP contribution in [0.2, 0.25) is 0 Å². The van der Waals surface area contributed by atoms with Crippen molar-refractivity contribution in [2.75, 3.05) is 5.32 Å². The van der Waals surface area contributed by atoms with Gasteiger partial charge in [0.25, 0.3) is 0 Å². The molecular formula is C13H14N4O2. The van der Waals surface area contributed by atoms with E-state index in [9.17, 15) is 4.79 Å². The monoisotopic (exact) mass is 258 g/mol. The highest BCUT2D eigenvalue weighted by molar-refractivity contribution is 5.74. The second-order valence-corrected chi connectivity index (χ2v) is 4.81. The number of anilines is 1. The molecule has 1 unspecified atom stereocenters. The molecule has 1 atom stereocenters. The smallest absolute Gasteiger partial charge is 0.305 e. The summed E-state index contributed by atoms with van der Waals surface area (Å²) in [6.07, 6.45) is 2.21. The Kier molecular flexibility index (Phi) is 2.98. The van der Waals surface area contributed by atoms with E-state index < -0.39 is 5.97 Å². The van der Waals surface area contributed by atoms with Gasteiger partial charge in [0.05, 0.1) is 11.9 Å². The fourth-order valence-corrected chi connectivity index (χ4v) is 2.13. The number of hydrogen-bond donors (Lipinski definition) is 2. The molecule has 1 heterocycles. The van der Waals surface area contributed by atoms with E-state index in [2.05, 4.69) is 20.5 Å². The Bertz CT molecular complexity index is 612. The second kappa shape index (κ2) is 4.79. The maximum absolute atomic E-state index is 10.8. The second-order valence-electron chi connectivity index (χ2n) is 4.81. The van der Waals surface area contributed by atoms with Gasteiger partial charge in [-0.25, -0.2) is 4.98 Å². The molecule has 2 aromatic rings. The molecule has 0 aliphatic heterocycles. The Morgan fingerprint density at radius 3 is 2.74 bits per heavy atom. The van der Waals surface area contributed by atoms with Gasteiger partial charge < -0.3 is 10.4 Å². The Balaban J connectivity index is 1.80. The van der Waals surface area contributed by atoms with Crippen molar-refractivity contribution in [2.24, 2.45) is 5.92 Å². The van der Waals surface area contributed by atoms with Crippen molar-refractivity contribution in [1.29, 1.82) is 0 Å². The summed E-state index contributed by atoms with van der Waals surface area (Å²) in [6, 6.07) is 7.35. The van der Waals surface area contributed by atoms with Gasteiger partial charge in [0.15, 0.2) is 0 Å². The van der Waals surface area contributed by atoms with Gasteiger partial charge in [-0.2, -0.15) is 0 Å². The van der Waals surface area contributed by atoms with E-state index in [4.69, 9.17) is 5.11 Å². The Morgan fingerprint density at radius 2 is 2.05 bits per heavy atom. The number of aliphatic carboxylic acids is 1. The first-order valence-corrected chi connectivity index (χ1v) is 6.30. The highest BCUT2D eigenvalue weighted by Gasteiger charge is 2.33. The first-order valence-electron chi connectivity index (χ1n) is 6.30. The molecular weight excluding hydrogens is 244 g/mol. The SMILES string of the molecule is O=C(O)CC(Nc1nnc2ccccc2n1)C1CC1. The summed E-state index contributed by atoms with van der Waals surface area (Å²) in [7, 11) is 0. The van der Waals surface area contributed by atoms with E-state index in [1.165, 1.54) is 0 Å². The number of carboxylic acid groups (broad SMARTS) is 1. The first kappa shape index (κ1) is 11.8. The Morgan fingerprint density at radius 1 is 1.32 bits per heavy atom. The molecule has 1 aromatic heterocycles. The van der Waals surface area contributed by atoms with E-state index in [0.29, 0.717) is 11.9 Å². The minimum absolute atomic E-state index is 0.0842. The molecule has 19 heavy (non-hydrogen) atoms. The molecule has 6 heteroatoms. The van der Waals surface area contributed by atoms with Crippen molar-refractivity contribution >= 4 is 23.0 Å². The van der Waals surface area contributed by atoms with E-state index in [0.717, 1.165) is 23.9 Å². The van der Waals surface area contributed by atoms with Crippen LogP contribution in [0.1, 0.15) is 19.3 Å². The fourth-order valence-electron chi connectivity index (χ4n) is 2.13. The molecule has 0 saturated heterocycles. The fraction of sp³-hybridized carbons (Fsp3) is 0.385. The Hall–Kier alpha value is -2.24. The largest absolute Gasteiger partial charge is 0.481 e. The lowest BCUT2D eigenvalue weighted by Crippen LogP contribution is -2.26. The molecule has 0 amide bonds. The zero-order valence-electron chi connectivity index (χ0n) is 10.3. The lowest BCUT2D eigenvalue weighted by Gasteiger charge is -2.15. The van der Waals surface area contributed by atoms with Crippen LogP contribution in [-0.4, -0.2) is 32.3 Å². The summed E-state index contributed by atoms with van der Waals surface area (Å²) in [5, 5.41) is 20.1. The number of hydrogen-bond acceptors (Lipinski definition) is 5. The van der Waals surface area contributed by atoms with Crippen molar-refractivity contribution in [3.05, 3.63) is 24.3 Å². The van der Waals surface area contributed by atoms with Crippen molar-refractivity contribution in [3.63, 3.8) is 0 Å². The molecule has 1 fully saturated rings. The third-order valence-electron chi connectivity index (χ3n) is 3.26. The minimum atomic E-state index is -0.807. The molecule has 0 radical (unpaired) electrons. The summed E-state index contributed by atoms with van der Waals surface area (Å²) in [6.45, 7) is 0. The molecule has 98 valence electrons. The van der Waals surface area contributed by atoms with Gasteiger partial charge in [-0.05, 0) is 30.9 Å². The average molecular weight is 258 g/mol. The zero-order chi connectivity index (χ0) is 13.2. The number of rotatable bonds is 5. The summed E-state index contributed by atoms with van der Waals surface area (Å²) in [4.78, 5) is 15.2. The summed E-state index contributed by atoms with van der Waals surface area (Å²) in [5.74, 6) is 0.00108. The third-order valence-corrected chi connectivity index (χ3v) is 3.26. The van der Waals surface area contributed by atoms with Crippen molar-refractivity contribution in [1.82, 2.24) is 15.2 Å². The van der Waals surface area contributed by atoms with Gasteiger partial charge in [-0.3, -0.25) is 4.79 Å². The van der Waals surface area contributed by atoms with Crippen LogP contribution in [0.25, 0.3) is 11.0 Å². The third kappa shape index (κ3) is 2.78. The van der Waals surface area contributed by atoms with E-state index in [1.54, 1.807) is 0 Å². The van der Waals surface area contributed by atoms with Gasteiger partial charge >= 0.3 is 5.97 Å². The predicted octanol–water partition coefficient (Wildman–Crippen LogP) is 1.69. The number of benzene rings is 1.